The van der Waals surface area contributed by atoms with E-state index < -0.39 is 0 Å². The molecule has 0 amide bonds. The summed E-state index contributed by atoms with van der Waals surface area (Å²) in [4.78, 5) is 0. The molecule has 1 aromatic carbocycles. The van der Waals surface area contributed by atoms with Gasteiger partial charge in [0.25, 0.3) is 0 Å². The maximum absolute atomic E-state index is 9.22. The van der Waals surface area contributed by atoms with Crippen LogP contribution in [-0.4, -0.2) is 6.04 Å². The Kier molecular flexibility index (Phi) is 4.31. The van der Waals surface area contributed by atoms with E-state index in [0.717, 1.165) is 27.6 Å². The molecule has 0 spiro atoms. The lowest BCUT2D eigenvalue weighted by atomic mass is 9.69. The zero-order valence-corrected chi connectivity index (χ0v) is 13.3. The molecule has 0 aliphatic heterocycles. The van der Waals surface area contributed by atoms with Crippen molar-refractivity contribution >= 4 is 21.6 Å². The molecule has 3 rings (SSSR count). The molecule has 3 heteroatoms. The van der Waals surface area contributed by atoms with Gasteiger partial charge in [0.1, 0.15) is 6.07 Å². The molecule has 3 unspecified atom stereocenters. The van der Waals surface area contributed by atoms with Crippen LogP contribution in [0.15, 0.2) is 22.7 Å². The standard InChI is InChI=1S/C17H21BrN2/c18-15-7-5-14(11-19)17(10-15)20-16-8-6-12-3-1-2-4-13(12)9-16/h5,7,10,12-13,16,20H,1-4,6,8-9H2. The summed E-state index contributed by atoms with van der Waals surface area (Å²) in [7, 11) is 0. The Hall–Kier alpha value is -1.01. The molecule has 2 aliphatic carbocycles. The van der Waals surface area contributed by atoms with E-state index in [1.165, 1.54) is 44.9 Å². The van der Waals surface area contributed by atoms with Crippen LogP contribution in [0, 0.1) is 23.2 Å². The summed E-state index contributed by atoms with van der Waals surface area (Å²) in [6.07, 6.45) is 9.58. The van der Waals surface area contributed by atoms with Crippen LogP contribution >= 0.6 is 15.9 Å². The monoisotopic (exact) mass is 332 g/mol. The zero-order chi connectivity index (χ0) is 13.9. The van der Waals surface area contributed by atoms with Crippen LogP contribution in [0.3, 0.4) is 0 Å². The first-order chi connectivity index (χ1) is 9.76. The first-order valence-corrected chi connectivity index (χ1v) is 8.52. The number of hydrogen-bond acceptors (Lipinski definition) is 2. The number of nitriles is 1. The smallest absolute Gasteiger partial charge is 0.101 e. The first kappa shape index (κ1) is 13.9. The molecule has 3 atom stereocenters. The highest BCUT2D eigenvalue weighted by Gasteiger charge is 2.32. The molecular formula is C17H21BrN2. The topological polar surface area (TPSA) is 35.8 Å². The highest BCUT2D eigenvalue weighted by Crippen LogP contribution is 2.41. The Bertz CT molecular complexity index is 520. The number of hydrogen-bond donors (Lipinski definition) is 1. The molecule has 2 aliphatic rings. The average Bonchev–Trinajstić information content (AvgIpc) is 2.47. The van der Waals surface area contributed by atoms with Crippen molar-refractivity contribution in [2.75, 3.05) is 5.32 Å². The summed E-state index contributed by atoms with van der Waals surface area (Å²) in [5, 5.41) is 12.8. The zero-order valence-electron chi connectivity index (χ0n) is 11.7. The fourth-order valence-electron chi connectivity index (χ4n) is 3.96. The second kappa shape index (κ2) is 6.18. The van der Waals surface area contributed by atoms with Crippen molar-refractivity contribution in [1.29, 1.82) is 5.26 Å². The number of nitrogens with one attached hydrogen (secondary N) is 1. The van der Waals surface area contributed by atoms with E-state index in [1.807, 2.05) is 18.2 Å². The molecule has 1 aromatic rings. The summed E-state index contributed by atoms with van der Waals surface area (Å²) in [6.45, 7) is 0. The summed E-state index contributed by atoms with van der Waals surface area (Å²) in [5.41, 5.74) is 1.74. The van der Waals surface area contributed by atoms with Gasteiger partial charge in [-0.1, -0.05) is 41.6 Å². The molecule has 2 fully saturated rings. The van der Waals surface area contributed by atoms with E-state index in [0.29, 0.717) is 6.04 Å². The van der Waals surface area contributed by atoms with Gasteiger partial charge in [-0.25, -0.2) is 0 Å². The number of fused-ring (bicyclic) bond motifs is 1. The van der Waals surface area contributed by atoms with Gasteiger partial charge >= 0.3 is 0 Å². The van der Waals surface area contributed by atoms with Gasteiger partial charge in [-0.3, -0.25) is 0 Å². The van der Waals surface area contributed by atoms with Crippen LogP contribution in [0.25, 0.3) is 0 Å². The number of halogens is 1. The van der Waals surface area contributed by atoms with Crippen molar-refractivity contribution in [2.24, 2.45) is 11.8 Å². The Labute approximate surface area is 129 Å². The average molecular weight is 333 g/mol. The van der Waals surface area contributed by atoms with E-state index >= 15 is 0 Å². The van der Waals surface area contributed by atoms with Crippen LogP contribution in [0.1, 0.15) is 50.5 Å². The van der Waals surface area contributed by atoms with Crippen molar-refractivity contribution in [1.82, 2.24) is 0 Å². The minimum Gasteiger partial charge on any atom is -0.381 e. The van der Waals surface area contributed by atoms with Crippen molar-refractivity contribution in [2.45, 2.75) is 51.0 Å². The van der Waals surface area contributed by atoms with Crippen LogP contribution in [-0.2, 0) is 0 Å². The van der Waals surface area contributed by atoms with Crippen molar-refractivity contribution in [3.05, 3.63) is 28.2 Å². The summed E-state index contributed by atoms with van der Waals surface area (Å²) >= 11 is 3.50. The first-order valence-electron chi connectivity index (χ1n) is 7.72. The molecule has 1 N–H and O–H groups in total. The molecule has 0 aromatic heterocycles. The molecular weight excluding hydrogens is 312 g/mol. The van der Waals surface area contributed by atoms with Gasteiger partial charge in [0, 0.05) is 10.5 Å². The summed E-state index contributed by atoms with van der Waals surface area (Å²) in [6, 6.07) is 8.68. The van der Waals surface area contributed by atoms with Crippen molar-refractivity contribution in [3.63, 3.8) is 0 Å². The van der Waals surface area contributed by atoms with Crippen molar-refractivity contribution in [3.8, 4) is 6.07 Å². The fraction of sp³-hybridized carbons (Fsp3) is 0.588. The van der Waals surface area contributed by atoms with Crippen LogP contribution in [0.2, 0.25) is 0 Å². The highest BCUT2D eigenvalue weighted by molar-refractivity contribution is 9.10. The summed E-state index contributed by atoms with van der Waals surface area (Å²) < 4.78 is 1.03. The Morgan fingerprint density at radius 1 is 1.10 bits per heavy atom. The Morgan fingerprint density at radius 3 is 2.70 bits per heavy atom. The second-order valence-electron chi connectivity index (χ2n) is 6.26. The quantitative estimate of drug-likeness (QED) is 0.818. The van der Waals surface area contributed by atoms with E-state index in [4.69, 9.17) is 0 Å². The molecule has 20 heavy (non-hydrogen) atoms. The van der Waals surface area contributed by atoms with Gasteiger partial charge in [-0.15, -0.1) is 0 Å². The molecule has 0 radical (unpaired) electrons. The van der Waals surface area contributed by atoms with Gasteiger partial charge in [-0.05, 0) is 49.3 Å². The third kappa shape index (κ3) is 3.01. The molecule has 2 saturated carbocycles. The van der Waals surface area contributed by atoms with E-state index in [1.54, 1.807) is 0 Å². The molecule has 2 nitrogen and oxygen atoms in total. The van der Waals surface area contributed by atoms with Gasteiger partial charge in [0.05, 0.1) is 11.3 Å². The molecule has 0 saturated heterocycles. The predicted octanol–water partition coefficient (Wildman–Crippen LogP) is 5.09. The molecule has 0 bridgehead atoms. The van der Waals surface area contributed by atoms with Crippen molar-refractivity contribution < 1.29 is 0 Å². The molecule has 106 valence electrons. The van der Waals surface area contributed by atoms with Gasteiger partial charge in [0.15, 0.2) is 0 Å². The SMILES string of the molecule is N#Cc1ccc(Br)cc1NC1CCC2CCCCC2C1. The fourth-order valence-corrected chi connectivity index (χ4v) is 4.32. The Balaban J connectivity index is 1.69. The third-order valence-electron chi connectivity index (χ3n) is 5.00. The number of nitrogens with zero attached hydrogens (tertiary/aromatic N) is 1. The van der Waals surface area contributed by atoms with Crippen LogP contribution < -0.4 is 5.32 Å². The van der Waals surface area contributed by atoms with E-state index in [2.05, 4.69) is 27.3 Å². The lowest BCUT2D eigenvalue weighted by molar-refractivity contribution is 0.162. The predicted molar refractivity (Wildman–Crippen MR) is 85.6 cm³/mol. The number of benzene rings is 1. The maximum atomic E-state index is 9.22. The summed E-state index contributed by atoms with van der Waals surface area (Å²) in [5.74, 6) is 1.88. The van der Waals surface area contributed by atoms with Crippen LogP contribution in [0.4, 0.5) is 5.69 Å². The van der Waals surface area contributed by atoms with E-state index in [9.17, 15) is 5.26 Å². The maximum Gasteiger partial charge on any atom is 0.101 e. The number of anilines is 1. The number of rotatable bonds is 2. The lowest BCUT2D eigenvalue weighted by Crippen LogP contribution is -2.34. The van der Waals surface area contributed by atoms with E-state index in [-0.39, 0.29) is 0 Å². The minimum atomic E-state index is 0.538. The minimum absolute atomic E-state index is 0.538. The highest BCUT2D eigenvalue weighted by atomic mass is 79.9. The molecule has 0 heterocycles. The second-order valence-corrected chi connectivity index (χ2v) is 7.18. The van der Waals surface area contributed by atoms with Gasteiger partial charge < -0.3 is 5.32 Å². The van der Waals surface area contributed by atoms with Gasteiger partial charge in [0.2, 0.25) is 0 Å². The Morgan fingerprint density at radius 2 is 1.90 bits per heavy atom. The normalized spacial score (nSPS) is 29.3. The lowest BCUT2D eigenvalue weighted by Gasteiger charge is -2.40. The van der Waals surface area contributed by atoms with Gasteiger partial charge in [-0.2, -0.15) is 5.26 Å². The third-order valence-corrected chi connectivity index (χ3v) is 5.49. The largest absolute Gasteiger partial charge is 0.381 e. The van der Waals surface area contributed by atoms with Crippen LogP contribution in [0.5, 0.6) is 0 Å².